The number of fused-ring (bicyclic) bond motifs is 1. The van der Waals surface area contributed by atoms with E-state index in [-0.39, 0.29) is 11.5 Å². The van der Waals surface area contributed by atoms with Crippen LogP contribution in [0.15, 0.2) is 40.7 Å². The number of rotatable bonds is 5. The number of likely N-dealkylation sites (N-methyl/N-ethyl adjacent to an activating group) is 1. The largest absolute Gasteiger partial charge is 0.353 e. The highest BCUT2D eigenvalue weighted by Gasteiger charge is 2.32. The Morgan fingerprint density at radius 2 is 2.00 bits per heavy atom. The molecular formula is C22H25N5O2S2. The number of pyridine rings is 1. The molecule has 0 spiro atoms. The van der Waals surface area contributed by atoms with Crippen molar-refractivity contribution in [1.29, 1.82) is 0 Å². The fraction of sp³-hybridized carbons (Fsp3) is 0.364. The van der Waals surface area contributed by atoms with Crippen molar-refractivity contribution >= 4 is 51.7 Å². The maximum Gasteiger partial charge on any atom is 0.267 e. The number of hydrogen-bond donors (Lipinski definition) is 0. The summed E-state index contributed by atoms with van der Waals surface area (Å²) in [5, 5.41) is 0. The van der Waals surface area contributed by atoms with Crippen LogP contribution in [-0.4, -0.2) is 68.7 Å². The van der Waals surface area contributed by atoms with Gasteiger partial charge in [-0.15, -0.1) is 6.58 Å². The van der Waals surface area contributed by atoms with Gasteiger partial charge in [-0.25, -0.2) is 4.98 Å². The van der Waals surface area contributed by atoms with E-state index >= 15 is 0 Å². The average molecular weight is 456 g/mol. The van der Waals surface area contributed by atoms with Gasteiger partial charge in [0.2, 0.25) is 0 Å². The lowest BCUT2D eigenvalue weighted by Gasteiger charge is -2.35. The first-order chi connectivity index (χ1) is 14.9. The molecule has 0 N–H and O–H groups in total. The number of aromatic nitrogens is 2. The van der Waals surface area contributed by atoms with Gasteiger partial charge in [-0.2, -0.15) is 0 Å². The Morgan fingerprint density at radius 1 is 1.26 bits per heavy atom. The molecule has 0 radical (unpaired) electrons. The number of carbonyl (C=O) groups excluding carboxylic acids is 1. The molecule has 7 nitrogen and oxygen atoms in total. The minimum absolute atomic E-state index is 0.185. The van der Waals surface area contributed by atoms with Gasteiger partial charge in [-0.3, -0.25) is 18.9 Å². The van der Waals surface area contributed by atoms with Crippen LogP contribution in [0.1, 0.15) is 18.1 Å². The van der Waals surface area contributed by atoms with Crippen molar-refractivity contribution in [2.45, 2.75) is 13.8 Å². The summed E-state index contributed by atoms with van der Waals surface area (Å²) >= 11 is 6.56. The lowest BCUT2D eigenvalue weighted by atomic mass is 10.2. The topological polar surface area (TPSA) is 61.2 Å². The summed E-state index contributed by atoms with van der Waals surface area (Å²) in [5.74, 6) is 0.425. The van der Waals surface area contributed by atoms with Crippen LogP contribution in [0.2, 0.25) is 0 Å². The molecule has 2 aromatic rings. The molecule has 0 aromatic carbocycles. The van der Waals surface area contributed by atoms with Crippen LogP contribution >= 0.6 is 24.0 Å². The summed E-state index contributed by atoms with van der Waals surface area (Å²) in [4.78, 5) is 37.7. The number of carbonyl (C=O) groups is 1. The van der Waals surface area contributed by atoms with Gasteiger partial charge in [-0.05, 0) is 31.2 Å². The Hall–Kier alpha value is -2.49. The Bertz CT molecular complexity index is 1150. The lowest BCUT2D eigenvalue weighted by molar-refractivity contribution is -0.121. The van der Waals surface area contributed by atoms with Gasteiger partial charge in [0.05, 0.1) is 10.5 Å². The quantitative estimate of drug-likeness (QED) is 0.390. The first kappa shape index (κ1) is 21.7. The lowest BCUT2D eigenvalue weighted by Crippen LogP contribution is -2.47. The molecule has 162 valence electrons. The Balaban J connectivity index is 1.85. The van der Waals surface area contributed by atoms with Gasteiger partial charge in [0.1, 0.15) is 15.8 Å². The second kappa shape index (κ2) is 8.94. The minimum atomic E-state index is -0.203. The van der Waals surface area contributed by atoms with E-state index in [1.807, 2.05) is 19.1 Å². The van der Waals surface area contributed by atoms with Crippen molar-refractivity contribution in [3.63, 3.8) is 0 Å². The fourth-order valence-corrected chi connectivity index (χ4v) is 5.12. The first-order valence-electron chi connectivity index (χ1n) is 10.3. The molecule has 2 aliphatic rings. The highest BCUT2D eigenvalue weighted by molar-refractivity contribution is 8.26. The molecule has 4 rings (SSSR count). The summed E-state index contributed by atoms with van der Waals surface area (Å²) in [6, 6.07) is 3.78. The van der Waals surface area contributed by atoms with E-state index in [2.05, 4.69) is 23.3 Å². The number of amides is 1. The molecule has 9 heteroatoms. The van der Waals surface area contributed by atoms with Crippen LogP contribution in [0, 0.1) is 6.92 Å². The Morgan fingerprint density at radius 3 is 2.68 bits per heavy atom. The first-order valence-corrected chi connectivity index (χ1v) is 11.5. The van der Waals surface area contributed by atoms with Gasteiger partial charge in [0.15, 0.2) is 0 Å². The van der Waals surface area contributed by atoms with Crippen LogP contribution in [0.4, 0.5) is 5.82 Å². The summed E-state index contributed by atoms with van der Waals surface area (Å²) in [5.41, 5.74) is 1.80. The third-order valence-corrected chi connectivity index (χ3v) is 7.02. The second-order valence-electron chi connectivity index (χ2n) is 7.54. The van der Waals surface area contributed by atoms with Crippen molar-refractivity contribution < 1.29 is 4.79 Å². The van der Waals surface area contributed by atoms with Crippen molar-refractivity contribution in [2.75, 3.05) is 44.2 Å². The van der Waals surface area contributed by atoms with E-state index in [4.69, 9.17) is 17.2 Å². The van der Waals surface area contributed by atoms with E-state index in [1.165, 1.54) is 16.7 Å². The zero-order valence-electron chi connectivity index (χ0n) is 17.7. The van der Waals surface area contributed by atoms with Crippen molar-refractivity contribution in [3.05, 3.63) is 57.4 Å². The molecular weight excluding hydrogens is 430 g/mol. The number of thiocarbonyl (C=S) groups is 1. The maximum absolute atomic E-state index is 13.5. The highest BCUT2D eigenvalue weighted by atomic mass is 32.2. The van der Waals surface area contributed by atoms with Crippen LogP contribution < -0.4 is 10.5 Å². The third-order valence-electron chi connectivity index (χ3n) is 5.64. The van der Waals surface area contributed by atoms with Crippen LogP contribution in [0.5, 0.6) is 0 Å². The van der Waals surface area contributed by atoms with Crippen molar-refractivity contribution in [2.24, 2.45) is 0 Å². The Labute approximate surface area is 191 Å². The molecule has 0 bridgehead atoms. The van der Waals surface area contributed by atoms with E-state index in [1.54, 1.807) is 22.7 Å². The zero-order chi connectivity index (χ0) is 22.1. The summed E-state index contributed by atoms with van der Waals surface area (Å²) < 4.78 is 2.02. The number of aryl methyl sites for hydroxylation is 1. The van der Waals surface area contributed by atoms with Crippen molar-refractivity contribution in [3.8, 4) is 0 Å². The van der Waals surface area contributed by atoms with E-state index in [0.29, 0.717) is 32.8 Å². The van der Waals surface area contributed by atoms with Crippen molar-refractivity contribution in [1.82, 2.24) is 19.2 Å². The van der Waals surface area contributed by atoms with Gasteiger partial charge in [0.25, 0.3) is 11.5 Å². The van der Waals surface area contributed by atoms with Crippen LogP contribution in [0.25, 0.3) is 11.7 Å². The summed E-state index contributed by atoms with van der Waals surface area (Å²) in [7, 11) is 0. The number of nitrogens with zero attached hydrogens (tertiary/aromatic N) is 5. The molecule has 2 fully saturated rings. The van der Waals surface area contributed by atoms with E-state index < -0.39 is 0 Å². The third kappa shape index (κ3) is 4.05. The number of piperazine rings is 1. The predicted octanol–water partition coefficient (Wildman–Crippen LogP) is 2.53. The van der Waals surface area contributed by atoms with Crippen LogP contribution in [0.3, 0.4) is 0 Å². The zero-order valence-corrected chi connectivity index (χ0v) is 19.3. The summed E-state index contributed by atoms with van der Waals surface area (Å²) in [6.07, 6.45) is 5.02. The smallest absolute Gasteiger partial charge is 0.267 e. The molecule has 1 amide bonds. The fourth-order valence-electron chi connectivity index (χ4n) is 3.86. The molecule has 0 unspecified atom stereocenters. The van der Waals surface area contributed by atoms with Gasteiger partial charge in [-0.1, -0.05) is 43.0 Å². The normalized spacial score (nSPS) is 19.1. The molecule has 0 saturated carbocycles. The summed E-state index contributed by atoms with van der Waals surface area (Å²) in [6.45, 7) is 12.5. The number of thioether (sulfide) groups is 1. The molecule has 4 heterocycles. The minimum Gasteiger partial charge on any atom is -0.353 e. The molecule has 2 aromatic heterocycles. The average Bonchev–Trinajstić information content (AvgIpc) is 3.04. The predicted molar refractivity (Wildman–Crippen MR) is 131 cm³/mol. The second-order valence-corrected chi connectivity index (χ2v) is 9.22. The molecule has 0 aliphatic carbocycles. The molecule has 0 atom stereocenters. The number of anilines is 1. The number of hydrogen-bond acceptors (Lipinski definition) is 7. The van der Waals surface area contributed by atoms with Gasteiger partial charge < -0.3 is 9.80 Å². The van der Waals surface area contributed by atoms with Crippen LogP contribution in [-0.2, 0) is 4.79 Å². The molecule has 2 saturated heterocycles. The monoisotopic (exact) mass is 455 g/mol. The SMILES string of the molecule is C=CCN1C(=O)/C(=C/c2c(N3CCN(CC)CC3)nc3c(C)cccn3c2=O)SC1=S. The van der Waals surface area contributed by atoms with Gasteiger partial charge >= 0.3 is 0 Å². The highest BCUT2D eigenvalue weighted by Crippen LogP contribution is 2.33. The maximum atomic E-state index is 13.5. The molecule has 31 heavy (non-hydrogen) atoms. The van der Waals surface area contributed by atoms with Gasteiger partial charge in [0, 0.05) is 38.9 Å². The standard InChI is InChI=1S/C22H25N5O2S2/c1-4-8-27-21(29)17(31-22(27)30)14-16-19(25-12-10-24(5-2)11-13-25)23-18-15(3)7-6-9-26(18)20(16)28/h4,6-7,9,14H,1,5,8,10-13H2,2-3H3/b17-14-. The van der Waals surface area contributed by atoms with E-state index in [9.17, 15) is 9.59 Å². The van der Waals surface area contributed by atoms with E-state index in [0.717, 1.165) is 38.3 Å². The molecule has 2 aliphatic heterocycles. The Kier molecular flexibility index (Phi) is 6.27.